The normalized spacial score (nSPS) is 19.0. The third kappa shape index (κ3) is 4.88. The summed E-state index contributed by atoms with van der Waals surface area (Å²) in [5.41, 5.74) is 1.81. The van der Waals surface area contributed by atoms with Gasteiger partial charge in [0, 0.05) is 49.5 Å². The van der Waals surface area contributed by atoms with E-state index in [1.54, 1.807) is 26.3 Å². The zero-order chi connectivity index (χ0) is 24.6. The van der Waals surface area contributed by atoms with Crippen molar-refractivity contribution in [2.45, 2.75) is 37.7 Å². The number of hydrogen-bond donors (Lipinski definition) is 1. The fourth-order valence-electron chi connectivity index (χ4n) is 4.58. The van der Waals surface area contributed by atoms with E-state index in [1.165, 1.54) is 0 Å². The van der Waals surface area contributed by atoms with Crippen LogP contribution in [0.2, 0.25) is 0 Å². The highest BCUT2D eigenvalue weighted by molar-refractivity contribution is 5.93. The molecule has 2 aliphatic rings. The minimum atomic E-state index is -2.86. The molecule has 1 amide bonds. The zero-order valence-electron chi connectivity index (χ0n) is 19.6. The molecular formula is C23H27F2N7O3. The van der Waals surface area contributed by atoms with Crippen LogP contribution >= 0.6 is 0 Å². The number of amides is 1. The van der Waals surface area contributed by atoms with Crippen molar-refractivity contribution in [1.82, 2.24) is 30.0 Å². The average molecular weight is 488 g/mol. The Labute approximate surface area is 200 Å². The van der Waals surface area contributed by atoms with Crippen molar-refractivity contribution >= 4 is 22.8 Å². The molecule has 0 unspecified atom stereocenters. The Balaban J connectivity index is 1.34. The molecule has 0 radical (unpaired) electrons. The van der Waals surface area contributed by atoms with E-state index in [4.69, 9.17) is 9.47 Å². The number of aromatic nitrogens is 5. The summed E-state index contributed by atoms with van der Waals surface area (Å²) in [5.74, 6) is -2.60. The first-order chi connectivity index (χ1) is 16.8. The molecule has 5 heterocycles. The van der Waals surface area contributed by atoms with E-state index in [1.807, 2.05) is 12.1 Å². The van der Waals surface area contributed by atoms with Crippen molar-refractivity contribution in [3.05, 3.63) is 35.8 Å². The fraction of sp³-hybridized carbons (Fsp3) is 0.522. The maximum Gasteiger partial charge on any atom is 0.319 e. The van der Waals surface area contributed by atoms with Crippen molar-refractivity contribution in [3.63, 3.8) is 0 Å². The second kappa shape index (κ2) is 9.33. The topological polar surface area (TPSA) is 109 Å². The average Bonchev–Trinajstić information content (AvgIpc) is 3.26. The molecule has 2 saturated heterocycles. The largest absolute Gasteiger partial charge is 0.458 e. The van der Waals surface area contributed by atoms with Crippen LogP contribution in [0.4, 0.5) is 14.6 Å². The molecule has 0 bridgehead atoms. The summed E-state index contributed by atoms with van der Waals surface area (Å²) >= 11 is 0. The van der Waals surface area contributed by atoms with Gasteiger partial charge in [-0.2, -0.15) is 15.1 Å². The lowest BCUT2D eigenvalue weighted by atomic mass is 9.92. The summed E-state index contributed by atoms with van der Waals surface area (Å²) < 4.78 is 37.5. The van der Waals surface area contributed by atoms with Crippen molar-refractivity contribution in [2.75, 3.05) is 44.8 Å². The maximum atomic E-state index is 13.3. The second-order valence-electron chi connectivity index (χ2n) is 9.07. The number of carbonyl (C=O) groups is 1. The number of anilines is 1. The Morgan fingerprint density at radius 3 is 2.77 bits per heavy atom. The van der Waals surface area contributed by atoms with Crippen LogP contribution in [-0.4, -0.2) is 87.9 Å². The number of carbonyl (C=O) groups excluding carboxylic acids is 1. The predicted octanol–water partition coefficient (Wildman–Crippen LogP) is 2.64. The molecule has 5 rings (SSSR count). The number of nitrogens with one attached hydrogen (secondary N) is 1. The Kier molecular flexibility index (Phi) is 6.22. The van der Waals surface area contributed by atoms with Gasteiger partial charge in [-0.05, 0) is 31.9 Å². The van der Waals surface area contributed by atoms with E-state index in [2.05, 4.69) is 30.0 Å². The monoisotopic (exact) mass is 487 g/mol. The quantitative estimate of drug-likeness (QED) is 0.542. The molecule has 12 heteroatoms. The van der Waals surface area contributed by atoms with Gasteiger partial charge in [-0.25, -0.2) is 13.8 Å². The maximum absolute atomic E-state index is 13.3. The Morgan fingerprint density at radius 2 is 2.06 bits per heavy atom. The van der Waals surface area contributed by atoms with E-state index < -0.39 is 24.9 Å². The molecule has 1 N–H and O–H groups in total. The van der Waals surface area contributed by atoms with Crippen molar-refractivity contribution in [2.24, 2.45) is 0 Å². The summed E-state index contributed by atoms with van der Waals surface area (Å²) in [6, 6.07) is 5.49. The molecule has 186 valence electrons. The number of ether oxygens (including phenoxy) is 2. The molecule has 2 aliphatic heterocycles. The van der Waals surface area contributed by atoms with Gasteiger partial charge in [0.15, 0.2) is 5.65 Å². The van der Waals surface area contributed by atoms with E-state index >= 15 is 0 Å². The number of fused-ring (bicyclic) bond motifs is 1. The standard InChI is InChI=1S/C23H27F2N7O3/c1-14(11-34-2)35-22-27-17(21(33)32-12-23(24,25)13-32)10-18(28-22)31-8-5-15(6-9-31)19-16-4-3-7-26-20(16)30-29-19/h3-4,7,10,14-15H,5-6,8-9,11-13H2,1-2H3,(H,26,29,30)/t14-/m1/s1. The smallest absolute Gasteiger partial charge is 0.319 e. The molecule has 3 aromatic heterocycles. The minimum absolute atomic E-state index is 0.0236. The summed E-state index contributed by atoms with van der Waals surface area (Å²) in [7, 11) is 1.55. The van der Waals surface area contributed by atoms with Crippen LogP contribution in [0.5, 0.6) is 6.01 Å². The second-order valence-corrected chi connectivity index (χ2v) is 9.07. The number of nitrogens with zero attached hydrogens (tertiary/aromatic N) is 6. The van der Waals surface area contributed by atoms with Gasteiger partial charge in [0.1, 0.15) is 17.6 Å². The highest BCUT2D eigenvalue weighted by Gasteiger charge is 2.47. The molecule has 0 spiro atoms. The van der Waals surface area contributed by atoms with E-state index in [0.717, 1.165) is 28.8 Å². The van der Waals surface area contributed by atoms with Crippen molar-refractivity contribution in [3.8, 4) is 6.01 Å². The van der Waals surface area contributed by atoms with Gasteiger partial charge in [0.05, 0.1) is 19.7 Å². The molecule has 1 atom stereocenters. The van der Waals surface area contributed by atoms with Crippen LogP contribution in [0.25, 0.3) is 11.0 Å². The van der Waals surface area contributed by atoms with E-state index in [9.17, 15) is 13.6 Å². The number of aromatic amines is 1. The molecule has 0 aliphatic carbocycles. The predicted molar refractivity (Wildman–Crippen MR) is 123 cm³/mol. The summed E-state index contributed by atoms with van der Waals surface area (Å²) in [5, 5.41) is 8.46. The number of likely N-dealkylation sites (tertiary alicyclic amines) is 1. The molecule has 2 fully saturated rings. The summed E-state index contributed by atoms with van der Waals surface area (Å²) in [6.45, 7) is 2.26. The van der Waals surface area contributed by atoms with E-state index in [-0.39, 0.29) is 23.7 Å². The molecule has 0 saturated carbocycles. The lowest BCUT2D eigenvalue weighted by molar-refractivity contribution is -0.113. The molecule has 0 aromatic carbocycles. The van der Waals surface area contributed by atoms with Gasteiger partial charge in [-0.3, -0.25) is 9.89 Å². The van der Waals surface area contributed by atoms with Crippen LogP contribution < -0.4 is 9.64 Å². The number of piperidine rings is 1. The van der Waals surface area contributed by atoms with E-state index in [0.29, 0.717) is 31.2 Å². The Bertz CT molecular complexity index is 1200. The molecular weight excluding hydrogens is 460 g/mol. The number of pyridine rings is 1. The Hall–Kier alpha value is -3.41. The van der Waals surface area contributed by atoms with Crippen LogP contribution in [-0.2, 0) is 4.74 Å². The number of hydrogen-bond acceptors (Lipinski definition) is 8. The lowest BCUT2D eigenvalue weighted by Crippen LogP contribution is -2.58. The van der Waals surface area contributed by atoms with Crippen LogP contribution in [0.1, 0.15) is 41.9 Å². The zero-order valence-corrected chi connectivity index (χ0v) is 19.6. The van der Waals surface area contributed by atoms with Gasteiger partial charge in [-0.1, -0.05) is 0 Å². The first-order valence-corrected chi connectivity index (χ1v) is 11.6. The van der Waals surface area contributed by atoms with Crippen LogP contribution in [0.15, 0.2) is 24.4 Å². The number of H-pyrrole nitrogens is 1. The lowest BCUT2D eigenvalue weighted by Gasteiger charge is -2.38. The van der Waals surface area contributed by atoms with Gasteiger partial charge in [0.2, 0.25) is 0 Å². The third-order valence-electron chi connectivity index (χ3n) is 6.34. The minimum Gasteiger partial charge on any atom is -0.458 e. The summed E-state index contributed by atoms with van der Waals surface area (Å²) in [4.78, 5) is 29.0. The Morgan fingerprint density at radius 1 is 1.29 bits per heavy atom. The van der Waals surface area contributed by atoms with Crippen molar-refractivity contribution in [1.29, 1.82) is 0 Å². The molecule has 10 nitrogen and oxygen atoms in total. The fourth-order valence-corrected chi connectivity index (χ4v) is 4.58. The SMILES string of the molecule is COC[C@@H](C)Oc1nc(C(=O)N2CC(F)(F)C2)cc(N2CCC(c3[nH]nc4ncccc34)CC2)n1. The van der Waals surface area contributed by atoms with Crippen molar-refractivity contribution < 1.29 is 23.0 Å². The van der Waals surface area contributed by atoms with Crippen LogP contribution in [0, 0.1) is 0 Å². The van der Waals surface area contributed by atoms with Gasteiger partial charge >= 0.3 is 6.01 Å². The first kappa shape index (κ1) is 23.3. The van der Waals surface area contributed by atoms with Gasteiger partial charge < -0.3 is 19.3 Å². The van der Waals surface area contributed by atoms with Gasteiger partial charge in [0.25, 0.3) is 11.8 Å². The molecule has 35 heavy (non-hydrogen) atoms. The number of methoxy groups -OCH3 is 1. The highest BCUT2D eigenvalue weighted by atomic mass is 19.3. The molecule has 3 aromatic rings. The summed E-state index contributed by atoms with van der Waals surface area (Å²) in [6.07, 6.45) is 3.06. The van der Waals surface area contributed by atoms with Gasteiger partial charge in [-0.15, -0.1) is 0 Å². The number of alkyl halides is 2. The first-order valence-electron chi connectivity index (χ1n) is 11.6. The highest BCUT2D eigenvalue weighted by Crippen LogP contribution is 2.33. The number of rotatable bonds is 7. The number of halogens is 2. The third-order valence-corrected chi connectivity index (χ3v) is 6.34. The van der Waals surface area contributed by atoms with Crippen LogP contribution in [0.3, 0.4) is 0 Å².